The van der Waals surface area contributed by atoms with Crippen molar-refractivity contribution in [1.82, 2.24) is 0 Å². The highest BCUT2D eigenvalue weighted by Gasteiger charge is 2.65. The lowest BCUT2D eigenvalue weighted by molar-refractivity contribution is -0.179. The number of methoxy groups -OCH3 is 4. The van der Waals surface area contributed by atoms with Gasteiger partial charge in [-0.2, -0.15) is 0 Å². The fourth-order valence-electron chi connectivity index (χ4n) is 4.61. The molecule has 7 heteroatoms. The van der Waals surface area contributed by atoms with Crippen LogP contribution in [-0.2, 0) is 35.0 Å². The van der Waals surface area contributed by atoms with Gasteiger partial charge in [-0.05, 0) is 42.2 Å². The first-order valence-corrected chi connectivity index (χ1v) is 9.83. The van der Waals surface area contributed by atoms with Crippen LogP contribution in [0.15, 0.2) is 42.5 Å². The molecule has 1 aliphatic carbocycles. The standard InChI is InChI=1S/C24H26O7/c1-14-6-11-18-16(12-14)13-19(15-7-9-17(28-2)10-8-15)24(22(26)30-4,23(27)31-5)20(18)21(25)29-3/h6-12,19-20H,13H2,1-5H3/t19-,20-/m0/s1. The minimum Gasteiger partial charge on any atom is -0.497 e. The van der Waals surface area contributed by atoms with Crippen LogP contribution < -0.4 is 4.74 Å². The molecule has 0 saturated carbocycles. The van der Waals surface area contributed by atoms with Crippen LogP contribution in [0.25, 0.3) is 0 Å². The zero-order valence-corrected chi connectivity index (χ0v) is 18.3. The van der Waals surface area contributed by atoms with Gasteiger partial charge in [0.1, 0.15) is 11.7 Å². The Kier molecular flexibility index (Phi) is 6.34. The summed E-state index contributed by atoms with van der Waals surface area (Å²) in [5, 5.41) is 0. The SMILES string of the molecule is COC(=O)[C@@H]1c2ccc(C)cc2C[C@@H](c2ccc(OC)cc2)C1(C(=O)OC)C(=O)OC. The van der Waals surface area contributed by atoms with Crippen molar-refractivity contribution in [3.63, 3.8) is 0 Å². The normalized spacial score (nSPS) is 19.0. The number of rotatable bonds is 5. The summed E-state index contributed by atoms with van der Waals surface area (Å²) in [6.07, 6.45) is 0.334. The van der Waals surface area contributed by atoms with Crippen LogP contribution in [0, 0.1) is 12.3 Å². The number of hydrogen-bond donors (Lipinski definition) is 0. The molecule has 0 aromatic heterocycles. The summed E-state index contributed by atoms with van der Waals surface area (Å²) in [5.74, 6) is -3.73. The molecule has 31 heavy (non-hydrogen) atoms. The van der Waals surface area contributed by atoms with Gasteiger partial charge in [-0.25, -0.2) is 0 Å². The van der Waals surface area contributed by atoms with E-state index in [1.165, 1.54) is 21.3 Å². The molecule has 0 amide bonds. The summed E-state index contributed by atoms with van der Waals surface area (Å²) in [7, 11) is 5.16. The predicted octanol–water partition coefficient (Wildman–Crippen LogP) is 2.93. The van der Waals surface area contributed by atoms with Crippen LogP contribution >= 0.6 is 0 Å². The molecular weight excluding hydrogens is 400 g/mol. The van der Waals surface area contributed by atoms with Crippen LogP contribution in [0.2, 0.25) is 0 Å². The van der Waals surface area contributed by atoms with Crippen molar-refractivity contribution in [2.75, 3.05) is 28.4 Å². The average molecular weight is 426 g/mol. The third-order valence-electron chi connectivity index (χ3n) is 6.04. The fourth-order valence-corrected chi connectivity index (χ4v) is 4.61. The Morgan fingerprint density at radius 3 is 2.00 bits per heavy atom. The predicted molar refractivity (Wildman–Crippen MR) is 112 cm³/mol. The van der Waals surface area contributed by atoms with Gasteiger partial charge >= 0.3 is 17.9 Å². The second kappa shape index (κ2) is 8.79. The second-order valence-electron chi connectivity index (χ2n) is 7.54. The Morgan fingerprint density at radius 2 is 1.48 bits per heavy atom. The Balaban J connectivity index is 2.38. The number of benzene rings is 2. The molecular formula is C24H26O7. The number of hydrogen-bond acceptors (Lipinski definition) is 7. The fraction of sp³-hybridized carbons (Fsp3) is 0.375. The highest BCUT2D eigenvalue weighted by molar-refractivity contribution is 6.07. The summed E-state index contributed by atoms with van der Waals surface area (Å²) in [6.45, 7) is 1.94. The van der Waals surface area contributed by atoms with Gasteiger partial charge in [-0.15, -0.1) is 0 Å². The van der Waals surface area contributed by atoms with Crippen molar-refractivity contribution in [3.8, 4) is 5.75 Å². The van der Waals surface area contributed by atoms with E-state index in [2.05, 4.69) is 0 Å². The van der Waals surface area contributed by atoms with Crippen molar-refractivity contribution < 1.29 is 33.3 Å². The van der Waals surface area contributed by atoms with Gasteiger partial charge < -0.3 is 18.9 Å². The van der Waals surface area contributed by atoms with Gasteiger partial charge in [-0.1, -0.05) is 35.9 Å². The van der Waals surface area contributed by atoms with Crippen molar-refractivity contribution in [3.05, 3.63) is 64.7 Å². The number of carbonyl (C=O) groups excluding carboxylic acids is 3. The van der Waals surface area contributed by atoms with Crippen LogP contribution in [0.3, 0.4) is 0 Å². The summed E-state index contributed by atoms with van der Waals surface area (Å²) in [5.41, 5.74) is 1.14. The molecule has 0 radical (unpaired) electrons. The second-order valence-corrected chi connectivity index (χ2v) is 7.54. The van der Waals surface area contributed by atoms with Crippen molar-refractivity contribution in [2.45, 2.75) is 25.2 Å². The maximum Gasteiger partial charge on any atom is 0.325 e. The Hall–Kier alpha value is -3.35. The first-order chi connectivity index (χ1) is 14.8. The van der Waals surface area contributed by atoms with Gasteiger partial charge in [-0.3, -0.25) is 14.4 Å². The van der Waals surface area contributed by atoms with E-state index in [0.29, 0.717) is 23.3 Å². The van der Waals surface area contributed by atoms with E-state index >= 15 is 0 Å². The monoisotopic (exact) mass is 426 g/mol. The van der Waals surface area contributed by atoms with Crippen LogP contribution in [0.1, 0.15) is 34.1 Å². The molecule has 0 saturated heterocycles. The van der Waals surface area contributed by atoms with Gasteiger partial charge in [0.15, 0.2) is 5.41 Å². The number of aryl methyl sites for hydroxylation is 1. The smallest absolute Gasteiger partial charge is 0.325 e. The first-order valence-electron chi connectivity index (χ1n) is 9.83. The molecule has 0 bridgehead atoms. The zero-order valence-electron chi connectivity index (χ0n) is 18.3. The maximum atomic E-state index is 13.3. The molecule has 7 nitrogen and oxygen atoms in total. The lowest BCUT2D eigenvalue weighted by Gasteiger charge is -2.44. The summed E-state index contributed by atoms with van der Waals surface area (Å²) in [4.78, 5) is 39.8. The minimum absolute atomic E-state index is 0.334. The van der Waals surface area contributed by atoms with E-state index in [9.17, 15) is 14.4 Å². The minimum atomic E-state index is -1.95. The highest BCUT2D eigenvalue weighted by atomic mass is 16.6. The van der Waals surface area contributed by atoms with E-state index in [-0.39, 0.29) is 0 Å². The molecule has 2 aromatic rings. The summed E-state index contributed by atoms with van der Waals surface area (Å²) >= 11 is 0. The van der Waals surface area contributed by atoms with Gasteiger partial charge in [0.2, 0.25) is 0 Å². The molecule has 2 atom stereocenters. The molecule has 2 aromatic carbocycles. The van der Waals surface area contributed by atoms with Crippen molar-refractivity contribution in [2.24, 2.45) is 5.41 Å². The average Bonchev–Trinajstić information content (AvgIpc) is 2.81. The molecule has 0 unspecified atom stereocenters. The third kappa shape index (κ3) is 3.54. The van der Waals surface area contributed by atoms with E-state index in [0.717, 1.165) is 11.1 Å². The highest BCUT2D eigenvalue weighted by Crippen LogP contribution is 2.55. The van der Waals surface area contributed by atoms with Crippen LogP contribution in [-0.4, -0.2) is 46.3 Å². The Bertz CT molecular complexity index is 977. The Morgan fingerprint density at radius 1 is 0.871 bits per heavy atom. The number of ether oxygens (including phenoxy) is 4. The molecule has 3 rings (SSSR count). The molecule has 0 heterocycles. The van der Waals surface area contributed by atoms with E-state index < -0.39 is 35.2 Å². The first kappa shape index (κ1) is 22.3. The quantitative estimate of drug-likeness (QED) is 0.413. The van der Waals surface area contributed by atoms with E-state index in [1.807, 2.05) is 19.1 Å². The van der Waals surface area contributed by atoms with Gasteiger partial charge in [0.25, 0.3) is 0 Å². The molecule has 0 spiro atoms. The van der Waals surface area contributed by atoms with Gasteiger partial charge in [0.05, 0.1) is 28.4 Å². The van der Waals surface area contributed by atoms with Crippen molar-refractivity contribution >= 4 is 17.9 Å². The largest absolute Gasteiger partial charge is 0.497 e. The number of esters is 3. The third-order valence-corrected chi connectivity index (χ3v) is 6.04. The lowest BCUT2D eigenvalue weighted by Crippen LogP contribution is -2.55. The van der Waals surface area contributed by atoms with Crippen LogP contribution in [0.4, 0.5) is 0 Å². The molecule has 0 aliphatic heterocycles. The summed E-state index contributed by atoms with van der Waals surface area (Å²) < 4.78 is 20.5. The van der Waals surface area contributed by atoms with Crippen molar-refractivity contribution in [1.29, 1.82) is 0 Å². The van der Waals surface area contributed by atoms with E-state index in [4.69, 9.17) is 18.9 Å². The van der Waals surface area contributed by atoms with E-state index in [1.54, 1.807) is 37.4 Å². The lowest BCUT2D eigenvalue weighted by atomic mass is 9.56. The molecule has 1 aliphatic rings. The summed E-state index contributed by atoms with van der Waals surface area (Å²) in [6, 6.07) is 12.6. The molecule has 0 fully saturated rings. The van der Waals surface area contributed by atoms with Crippen LogP contribution in [0.5, 0.6) is 5.75 Å². The topological polar surface area (TPSA) is 88.1 Å². The van der Waals surface area contributed by atoms with Gasteiger partial charge in [0, 0.05) is 5.92 Å². The number of fused-ring (bicyclic) bond motifs is 1. The molecule has 0 N–H and O–H groups in total. The number of carbonyl (C=O) groups is 3. The molecule has 164 valence electrons. The Labute approximate surface area is 181 Å². The maximum absolute atomic E-state index is 13.3. The zero-order chi connectivity index (χ0) is 22.8.